The minimum absolute atomic E-state index is 0.0869. The van der Waals surface area contributed by atoms with Crippen LogP contribution in [0.1, 0.15) is 39.3 Å². The normalized spacial score (nSPS) is 16.9. The van der Waals surface area contributed by atoms with Crippen LogP contribution in [0.25, 0.3) is 11.4 Å². The largest absolute Gasteiger partial charge is 0.344 e. The number of amides is 1. The minimum Gasteiger partial charge on any atom is -0.344 e. The maximum atomic E-state index is 12.3. The van der Waals surface area contributed by atoms with E-state index in [-0.39, 0.29) is 5.91 Å². The number of nitrogens with one attached hydrogen (secondary N) is 3. The second kappa shape index (κ2) is 7.12. The molecule has 1 unspecified atom stereocenters. The topological polar surface area (TPSA) is 95.6 Å². The number of carbonyl (C=O) groups excluding carboxylic acids is 1. The van der Waals surface area contributed by atoms with Crippen LogP contribution >= 0.6 is 11.3 Å². The third-order valence-corrected chi connectivity index (χ3v) is 5.34. The Morgan fingerprint density at radius 2 is 2.16 bits per heavy atom. The molecule has 4 rings (SSSR count). The molecular formula is C17H18N6OS. The van der Waals surface area contributed by atoms with Gasteiger partial charge in [0.15, 0.2) is 5.82 Å². The Balaban J connectivity index is 1.37. The van der Waals surface area contributed by atoms with Crippen molar-refractivity contribution in [3.63, 3.8) is 0 Å². The van der Waals surface area contributed by atoms with Gasteiger partial charge >= 0.3 is 0 Å². The predicted molar refractivity (Wildman–Crippen MR) is 95.1 cm³/mol. The van der Waals surface area contributed by atoms with Gasteiger partial charge < -0.3 is 10.6 Å². The van der Waals surface area contributed by atoms with Crippen molar-refractivity contribution in [2.24, 2.45) is 0 Å². The molecule has 0 spiro atoms. The lowest BCUT2D eigenvalue weighted by molar-refractivity contribution is 0.0954. The first kappa shape index (κ1) is 15.9. The molecule has 3 N–H and O–H groups in total. The molecule has 1 aliphatic heterocycles. The minimum atomic E-state index is -0.0869. The van der Waals surface area contributed by atoms with E-state index in [1.165, 1.54) is 11.3 Å². The molecule has 0 aromatic carbocycles. The number of aromatic amines is 1. The molecule has 128 valence electrons. The van der Waals surface area contributed by atoms with Crippen molar-refractivity contribution in [2.75, 3.05) is 6.54 Å². The zero-order valence-corrected chi connectivity index (χ0v) is 14.3. The standard InChI is InChI=1S/C17H18N6OS/c24-17(14-4-3-13(25-14)12-2-1-7-19-12)20-10-15-21-16(23-22-15)11-5-8-18-9-6-11/h3-6,8-9,12,19H,1-2,7,10H2,(H,20,24)(H,21,22,23). The second-order valence-corrected chi connectivity index (χ2v) is 6.99. The molecule has 8 heteroatoms. The number of hydrogen-bond acceptors (Lipinski definition) is 6. The highest BCUT2D eigenvalue weighted by Gasteiger charge is 2.19. The van der Waals surface area contributed by atoms with Crippen LogP contribution in [0.5, 0.6) is 0 Å². The molecular weight excluding hydrogens is 336 g/mol. The summed E-state index contributed by atoms with van der Waals surface area (Å²) in [6, 6.07) is 8.01. The average Bonchev–Trinajstić information content (AvgIpc) is 3.41. The molecule has 1 atom stereocenters. The zero-order valence-electron chi connectivity index (χ0n) is 13.5. The lowest BCUT2D eigenvalue weighted by atomic mass is 10.2. The smallest absolute Gasteiger partial charge is 0.261 e. The number of aromatic nitrogens is 4. The third kappa shape index (κ3) is 3.59. The van der Waals surface area contributed by atoms with Gasteiger partial charge in [-0.05, 0) is 43.7 Å². The number of pyridine rings is 1. The number of nitrogens with zero attached hydrogens (tertiary/aromatic N) is 3. The van der Waals surface area contributed by atoms with Crippen molar-refractivity contribution >= 4 is 17.2 Å². The van der Waals surface area contributed by atoms with Crippen LogP contribution in [0.3, 0.4) is 0 Å². The molecule has 7 nitrogen and oxygen atoms in total. The lowest BCUT2D eigenvalue weighted by Gasteiger charge is -2.06. The monoisotopic (exact) mass is 354 g/mol. The maximum Gasteiger partial charge on any atom is 0.261 e. The lowest BCUT2D eigenvalue weighted by Crippen LogP contribution is -2.22. The number of H-pyrrole nitrogens is 1. The van der Waals surface area contributed by atoms with Gasteiger partial charge in [0, 0.05) is 28.9 Å². The highest BCUT2D eigenvalue weighted by molar-refractivity contribution is 7.14. The Hall–Kier alpha value is -2.58. The van der Waals surface area contributed by atoms with Gasteiger partial charge in [-0.3, -0.25) is 14.9 Å². The fourth-order valence-electron chi connectivity index (χ4n) is 2.85. The molecule has 1 saturated heterocycles. The van der Waals surface area contributed by atoms with Crippen molar-refractivity contribution in [3.8, 4) is 11.4 Å². The number of carbonyl (C=O) groups is 1. The van der Waals surface area contributed by atoms with Crippen LogP contribution in [-0.4, -0.2) is 32.6 Å². The highest BCUT2D eigenvalue weighted by Crippen LogP contribution is 2.29. The molecule has 0 aliphatic carbocycles. The van der Waals surface area contributed by atoms with Gasteiger partial charge in [-0.15, -0.1) is 11.3 Å². The molecule has 0 saturated carbocycles. The van der Waals surface area contributed by atoms with E-state index in [1.807, 2.05) is 24.3 Å². The van der Waals surface area contributed by atoms with Gasteiger partial charge in [-0.1, -0.05) is 0 Å². The summed E-state index contributed by atoms with van der Waals surface area (Å²) in [5.74, 6) is 1.13. The van der Waals surface area contributed by atoms with Crippen molar-refractivity contribution in [1.29, 1.82) is 0 Å². The summed E-state index contributed by atoms with van der Waals surface area (Å²) in [5.41, 5.74) is 0.885. The van der Waals surface area contributed by atoms with E-state index in [0.29, 0.717) is 24.2 Å². The van der Waals surface area contributed by atoms with Gasteiger partial charge in [0.1, 0.15) is 5.82 Å². The molecule has 25 heavy (non-hydrogen) atoms. The quantitative estimate of drug-likeness (QED) is 0.653. The van der Waals surface area contributed by atoms with E-state index in [9.17, 15) is 4.79 Å². The van der Waals surface area contributed by atoms with Crippen LogP contribution in [0, 0.1) is 0 Å². The van der Waals surface area contributed by atoms with Crippen molar-refractivity contribution in [2.45, 2.75) is 25.4 Å². The summed E-state index contributed by atoms with van der Waals surface area (Å²) in [4.78, 5) is 22.6. The van der Waals surface area contributed by atoms with E-state index in [1.54, 1.807) is 23.7 Å². The molecule has 0 radical (unpaired) electrons. The van der Waals surface area contributed by atoms with Crippen molar-refractivity contribution < 1.29 is 4.79 Å². The van der Waals surface area contributed by atoms with Crippen LogP contribution in [0.4, 0.5) is 0 Å². The van der Waals surface area contributed by atoms with E-state index in [2.05, 4.69) is 30.8 Å². The number of hydrogen-bond donors (Lipinski definition) is 3. The molecule has 0 bridgehead atoms. The summed E-state index contributed by atoms with van der Waals surface area (Å²) < 4.78 is 0. The van der Waals surface area contributed by atoms with Crippen LogP contribution in [0.2, 0.25) is 0 Å². The van der Waals surface area contributed by atoms with Gasteiger partial charge in [0.2, 0.25) is 0 Å². The summed E-state index contributed by atoms with van der Waals surface area (Å²) in [6.45, 7) is 1.36. The Morgan fingerprint density at radius 1 is 1.28 bits per heavy atom. The zero-order chi connectivity index (χ0) is 17.1. The van der Waals surface area contributed by atoms with Gasteiger partial charge in [-0.2, -0.15) is 5.10 Å². The summed E-state index contributed by atoms with van der Waals surface area (Å²) in [6.07, 6.45) is 5.72. The van der Waals surface area contributed by atoms with Crippen molar-refractivity contribution in [1.82, 2.24) is 30.8 Å². The van der Waals surface area contributed by atoms with Gasteiger partial charge in [-0.25, -0.2) is 4.98 Å². The van der Waals surface area contributed by atoms with E-state index in [4.69, 9.17) is 0 Å². The average molecular weight is 354 g/mol. The van der Waals surface area contributed by atoms with Crippen LogP contribution in [-0.2, 0) is 6.54 Å². The molecule has 4 heterocycles. The van der Waals surface area contributed by atoms with E-state index in [0.717, 1.165) is 23.4 Å². The molecule has 1 amide bonds. The predicted octanol–water partition coefficient (Wildman–Crippen LogP) is 2.28. The molecule has 1 fully saturated rings. The van der Waals surface area contributed by atoms with E-state index >= 15 is 0 Å². The summed E-state index contributed by atoms with van der Waals surface area (Å²) in [7, 11) is 0. The highest BCUT2D eigenvalue weighted by atomic mass is 32.1. The fraction of sp³-hybridized carbons (Fsp3) is 0.294. The fourth-order valence-corrected chi connectivity index (χ4v) is 3.88. The molecule has 3 aromatic heterocycles. The summed E-state index contributed by atoms with van der Waals surface area (Å²) >= 11 is 1.55. The maximum absolute atomic E-state index is 12.3. The van der Waals surface area contributed by atoms with E-state index < -0.39 is 0 Å². The first-order chi connectivity index (χ1) is 12.3. The van der Waals surface area contributed by atoms with Gasteiger partial charge in [0.25, 0.3) is 5.91 Å². The van der Waals surface area contributed by atoms with Crippen molar-refractivity contribution in [3.05, 3.63) is 52.2 Å². The Labute approximate surface area is 148 Å². The van der Waals surface area contributed by atoms with Gasteiger partial charge in [0.05, 0.1) is 11.4 Å². The Bertz CT molecular complexity index is 853. The van der Waals surface area contributed by atoms with Crippen LogP contribution in [0.15, 0.2) is 36.7 Å². The van der Waals surface area contributed by atoms with Crippen LogP contribution < -0.4 is 10.6 Å². The summed E-state index contributed by atoms with van der Waals surface area (Å²) in [5, 5.41) is 13.4. The first-order valence-electron chi connectivity index (χ1n) is 8.22. The number of thiophene rings is 1. The molecule has 1 aliphatic rings. The second-order valence-electron chi connectivity index (χ2n) is 5.88. The Morgan fingerprint density at radius 3 is 2.96 bits per heavy atom. The molecule has 3 aromatic rings. The Kier molecular flexibility index (Phi) is 4.53. The SMILES string of the molecule is O=C(NCc1nc(-c2ccncc2)n[nH]1)c1ccc(C2CCCN2)s1. The third-order valence-electron chi connectivity index (χ3n) is 4.14. The number of rotatable bonds is 5. The first-order valence-corrected chi connectivity index (χ1v) is 9.04.